The van der Waals surface area contributed by atoms with Crippen LogP contribution < -0.4 is 0 Å². The summed E-state index contributed by atoms with van der Waals surface area (Å²) in [4.78, 5) is 11.8. The van der Waals surface area contributed by atoms with Crippen molar-refractivity contribution in [2.45, 2.75) is 38.2 Å². The maximum Gasteiger partial charge on any atom is 0.341 e. The minimum absolute atomic E-state index is 0.00538. The third kappa shape index (κ3) is 5.02. The SMILES string of the molecule is CC(C)CC(C)OC(=O)c1c(Cl)ccc(S(=O)(=O)Cl)c1Cl. The number of benzene rings is 1. The Morgan fingerprint density at radius 1 is 1.24 bits per heavy atom. The van der Waals surface area contributed by atoms with E-state index in [1.54, 1.807) is 6.92 Å². The summed E-state index contributed by atoms with van der Waals surface area (Å²) in [6.45, 7) is 5.72. The lowest BCUT2D eigenvalue weighted by Gasteiger charge is -2.16. The molecule has 0 N–H and O–H groups in total. The minimum Gasteiger partial charge on any atom is -0.459 e. The van der Waals surface area contributed by atoms with Crippen molar-refractivity contribution < 1.29 is 17.9 Å². The molecule has 1 rings (SSSR count). The molecule has 0 aliphatic heterocycles. The van der Waals surface area contributed by atoms with E-state index >= 15 is 0 Å². The highest BCUT2D eigenvalue weighted by Crippen LogP contribution is 2.33. The van der Waals surface area contributed by atoms with Crippen LogP contribution in [-0.4, -0.2) is 20.5 Å². The molecule has 8 heteroatoms. The van der Waals surface area contributed by atoms with E-state index in [9.17, 15) is 13.2 Å². The van der Waals surface area contributed by atoms with Crippen LogP contribution in [0, 0.1) is 5.92 Å². The van der Waals surface area contributed by atoms with Gasteiger partial charge in [-0.25, -0.2) is 13.2 Å². The number of carbonyl (C=O) groups is 1. The van der Waals surface area contributed by atoms with E-state index in [1.807, 2.05) is 13.8 Å². The summed E-state index contributed by atoms with van der Waals surface area (Å²) >= 11 is 11.8. The molecule has 0 bridgehead atoms. The summed E-state index contributed by atoms with van der Waals surface area (Å²) < 4.78 is 28.0. The fourth-order valence-corrected chi connectivity index (χ4v) is 3.74. The van der Waals surface area contributed by atoms with Crippen LogP contribution in [-0.2, 0) is 13.8 Å². The highest BCUT2D eigenvalue weighted by Gasteiger charge is 2.25. The molecule has 0 heterocycles. The highest BCUT2D eigenvalue weighted by molar-refractivity contribution is 8.13. The van der Waals surface area contributed by atoms with Gasteiger partial charge in [-0.3, -0.25) is 0 Å². The van der Waals surface area contributed by atoms with Gasteiger partial charge in [0.1, 0.15) is 4.90 Å². The van der Waals surface area contributed by atoms with Crippen LogP contribution in [0.4, 0.5) is 0 Å². The van der Waals surface area contributed by atoms with Gasteiger partial charge in [0.05, 0.1) is 21.7 Å². The van der Waals surface area contributed by atoms with E-state index < -0.39 is 15.0 Å². The van der Waals surface area contributed by atoms with Gasteiger partial charge < -0.3 is 4.74 Å². The van der Waals surface area contributed by atoms with Crippen LogP contribution in [0.5, 0.6) is 0 Å². The molecule has 0 radical (unpaired) electrons. The standard InChI is InChI=1S/C13H15Cl3O4S/c1-7(2)6-8(3)20-13(17)11-9(14)4-5-10(12(11)15)21(16,18)19/h4-5,7-8H,6H2,1-3H3. The first-order valence-corrected chi connectivity index (χ1v) is 9.24. The van der Waals surface area contributed by atoms with E-state index in [2.05, 4.69) is 0 Å². The van der Waals surface area contributed by atoms with E-state index in [1.165, 1.54) is 6.07 Å². The van der Waals surface area contributed by atoms with Crippen molar-refractivity contribution in [2.24, 2.45) is 5.92 Å². The van der Waals surface area contributed by atoms with Gasteiger partial charge in [-0.2, -0.15) is 0 Å². The lowest BCUT2D eigenvalue weighted by atomic mass is 10.1. The van der Waals surface area contributed by atoms with Gasteiger partial charge in [-0.15, -0.1) is 0 Å². The summed E-state index contributed by atoms with van der Waals surface area (Å²) in [6.07, 6.45) is 0.315. The Morgan fingerprint density at radius 3 is 2.29 bits per heavy atom. The third-order valence-electron chi connectivity index (χ3n) is 2.63. The third-order valence-corrected chi connectivity index (χ3v) is 4.82. The van der Waals surface area contributed by atoms with E-state index in [-0.39, 0.29) is 26.6 Å². The zero-order valence-corrected chi connectivity index (χ0v) is 14.8. The van der Waals surface area contributed by atoms with Crippen LogP contribution in [0.2, 0.25) is 10.0 Å². The van der Waals surface area contributed by atoms with Crippen molar-refractivity contribution in [1.82, 2.24) is 0 Å². The maximum atomic E-state index is 12.1. The van der Waals surface area contributed by atoms with E-state index in [4.69, 9.17) is 38.6 Å². The second kappa shape index (κ2) is 7.18. The molecule has 4 nitrogen and oxygen atoms in total. The quantitative estimate of drug-likeness (QED) is 0.562. The zero-order chi connectivity index (χ0) is 16.4. The molecule has 1 aromatic carbocycles. The second-order valence-corrected chi connectivity index (χ2v) is 8.34. The molecular weight excluding hydrogens is 359 g/mol. The number of hydrogen-bond acceptors (Lipinski definition) is 4. The van der Waals surface area contributed by atoms with E-state index in [0.29, 0.717) is 12.3 Å². The molecule has 1 aromatic rings. The summed E-state index contributed by atoms with van der Waals surface area (Å²) in [5, 5.41) is -0.329. The second-order valence-electron chi connectivity index (χ2n) is 5.02. The predicted octanol–water partition coefficient (Wildman–Crippen LogP) is 4.51. The first-order valence-electron chi connectivity index (χ1n) is 6.17. The largest absolute Gasteiger partial charge is 0.459 e. The smallest absolute Gasteiger partial charge is 0.341 e. The topological polar surface area (TPSA) is 60.4 Å². The van der Waals surface area contributed by atoms with Crippen molar-refractivity contribution in [3.8, 4) is 0 Å². The first-order chi connectivity index (χ1) is 9.54. The average Bonchev–Trinajstić information content (AvgIpc) is 2.25. The number of halogens is 3. The first kappa shape index (κ1) is 18.6. The molecule has 0 fully saturated rings. The van der Waals surface area contributed by atoms with Crippen LogP contribution in [0.1, 0.15) is 37.6 Å². The number of rotatable bonds is 5. The Hall–Kier alpha value is -0.490. The Labute approximate surface area is 138 Å². The number of carbonyl (C=O) groups excluding carboxylic acids is 1. The van der Waals surface area contributed by atoms with E-state index in [0.717, 1.165) is 6.07 Å². The molecule has 0 saturated heterocycles. The van der Waals surface area contributed by atoms with Crippen LogP contribution >= 0.6 is 33.9 Å². The summed E-state index contributed by atoms with van der Waals surface area (Å²) in [6, 6.07) is 2.38. The number of ether oxygens (including phenoxy) is 1. The van der Waals surface area contributed by atoms with Gasteiger partial charge in [0.25, 0.3) is 9.05 Å². The molecule has 0 aromatic heterocycles. The molecule has 0 aliphatic carbocycles. The van der Waals surface area contributed by atoms with Gasteiger partial charge in [0.15, 0.2) is 0 Å². The highest BCUT2D eigenvalue weighted by atomic mass is 35.7. The maximum absolute atomic E-state index is 12.1. The molecule has 1 atom stereocenters. The molecule has 0 spiro atoms. The molecule has 1 unspecified atom stereocenters. The van der Waals surface area contributed by atoms with Crippen molar-refractivity contribution in [3.63, 3.8) is 0 Å². The monoisotopic (exact) mass is 372 g/mol. The lowest BCUT2D eigenvalue weighted by molar-refractivity contribution is 0.0300. The van der Waals surface area contributed by atoms with Gasteiger partial charge in [0, 0.05) is 10.7 Å². The van der Waals surface area contributed by atoms with Gasteiger partial charge in [-0.1, -0.05) is 37.0 Å². The fourth-order valence-electron chi connectivity index (χ4n) is 1.86. The number of esters is 1. The van der Waals surface area contributed by atoms with Crippen LogP contribution in [0.15, 0.2) is 17.0 Å². The van der Waals surface area contributed by atoms with Crippen LogP contribution in [0.3, 0.4) is 0 Å². The predicted molar refractivity (Wildman–Crippen MR) is 83.8 cm³/mol. The average molecular weight is 374 g/mol. The van der Waals surface area contributed by atoms with Gasteiger partial charge in [0.2, 0.25) is 0 Å². The Morgan fingerprint density at radius 2 is 1.81 bits per heavy atom. The normalized spacial score (nSPS) is 13.3. The molecule has 0 saturated carbocycles. The Balaban J connectivity index is 3.16. The van der Waals surface area contributed by atoms with Gasteiger partial charge in [-0.05, 0) is 31.4 Å². The summed E-state index contributed by atoms with van der Waals surface area (Å²) in [5.41, 5.74) is -0.198. The lowest BCUT2D eigenvalue weighted by Crippen LogP contribution is -2.18. The molecule has 0 amide bonds. The fraction of sp³-hybridized carbons (Fsp3) is 0.462. The van der Waals surface area contributed by atoms with Crippen molar-refractivity contribution in [3.05, 3.63) is 27.7 Å². The Kier molecular flexibility index (Phi) is 6.35. The Bertz CT molecular complexity index is 641. The molecule has 118 valence electrons. The van der Waals surface area contributed by atoms with Crippen molar-refractivity contribution in [2.75, 3.05) is 0 Å². The van der Waals surface area contributed by atoms with Gasteiger partial charge >= 0.3 is 5.97 Å². The number of hydrogen-bond donors (Lipinski definition) is 0. The zero-order valence-electron chi connectivity index (χ0n) is 11.7. The summed E-state index contributed by atoms with van der Waals surface area (Å²) in [5.74, 6) is -0.436. The summed E-state index contributed by atoms with van der Waals surface area (Å²) in [7, 11) is 1.18. The van der Waals surface area contributed by atoms with Crippen molar-refractivity contribution >= 4 is 48.9 Å². The minimum atomic E-state index is -4.08. The molecular formula is C13H15Cl3O4S. The molecule has 21 heavy (non-hydrogen) atoms. The van der Waals surface area contributed by atoms with Crippen molar-refractivity contribution in [1.29, 1.82) is 0 Å². The van der Waals surface area contributed by atoms with Crippen LogP contribution in [0.25, 0.3) is 0 Å². The molecule has 0 aliphatic rings.